The molecule has 63 heavy (non-hydrogen) atoms. The molecule has 0 saturated heterocycles. The van der Waals surface area contributed by atoms with E-state index in [4.69, 9.17) is 9.97 Å². The SMILES string of the molecule is CC1(c2ccccc2)c2ccccc2-c2cccc(-c3cc(-c4cc(-c5ccc(-c6ccccc6)cc5)cc(-c5ccc6sc7ccccc7c6c5)c4)nc(-c4ccccc4)n3)c21. The van der Waals surface area contributed by atoms with E-state index in [0.29, 0.717) is 5.82 Å². The van der Waals surface area contributed by atoms with Crippen molar-refractivity contribution in [3.8, 4) is 78.4 Å². The summed E-state index contributed by atoms with van der Waals surface area (Å²) in [5.41, 5.74) is 17.8. The van der Waals surface area contributed by atoms with Crippen molar-refractivity contribution in [3.63, 3.8) is 0 Å². The van der Waals surface area contributed by atoms with E-state index < -0.39 is 5.41 Å². The summed E-state index contributed by atoms with van der Waals surface area (Å²) in [7, 11) is 0. The highest BCUT2D eigenvalue weighted by Crippen LogP contribution is 2.55. The second-order valence-electron chi connectivity index (χ2n) is 16.6. The molecule has 0 aliphatic heterocycles. The van der Waals surface area contributed by atoms with Gasteiger partial charge in [0.25, 0.3) is 0 Å². The van der Waals surface area contributed by atoms with Crippen LogP contribution in [0.25, 0.3) is 98.6 Å². The van der Waals surface area contributed by atoms with Crippen LogP contribution in [0.2, 0.25) is 0 Å². The molecule has 0 saturated carbocycles. The molecule has 0 radical (unpaired) electrons. The van der Waals surface area contributed by atoms with Crippen LogP contribution in [0.5, 0.6) is 0 Å². The average Bonchev–Trinajstić information content (AvgIpc) is 3.87. The zero-order chi connectivity index (χ0) is 41.9. The molecule has 11 aromatic rings. The average molecular weight is 821 g/mol. The van der Waals surface area contributed by atoms with Crippen LogP contribution in [0.15, 0.2) is 224 Å². The summed E-state index contributed by atoms with van der Waals surface area (Å²) in [5.74, 6) is 0.697. The fourth-order valence-electron chi connectivity index (χ4n) is 9.84. The van der Waals surface area contributed by atoms with E-state index in [9.17, 15) is 0 Å². The van der Waals surface area contributed by atoms with Crippen LogP contribution in [0.1, 0.15) is 23.6 Å². The number of rotatable bonds is 7. The smallest absolute Gasteiger partial charge is 0.160 e. The number of aromatic nitrogens is 2. The van der Waals surface area contributed by atoms with Crippen LogP contribution in [0.4, 0.5) is 0 Å². The molecule has 1 atom stereocenters. The van der Waals surface area contributed by atoms with Crippen molar-refractivity contribution in [2.45, 2.75) is 12.3 Å². The van der Waals surface area contributed by atoms with Gasteiger partial charge in [0.05, 0.1) is 11.4 Å². The van der Waals surface area contributed by atoms with E-state index in [1.54, 1.807) is 0 Å². The fraction of sp³-hybridized carbons (Fsp3) is 0.0333. The van der Waals surface area contributed by atoms with Crippen molar-refractivity contribution in [2.75, 3.05) is 0 Å². The van der Waals surface area contributed by atoms with Gasteiger partial charge in [0.2, 0.25) is 0 Å². The lowest BCUT2D eigenvalue weighted by molar-refractivity contribution is 0.715. The lowest BCUT2D eigenvalue weighted by Gasteiger charge is -2.30. The van der Waals surface area contributed by atoms with E-state index >= 15 is 0 Å². The lowest BCUT2D eigenvalue weighted by atomic mass is 9.72. The minimum absolute atomic E-state index is 0.398. The Kier molecular flexibility index (Phi) is 8.84. The Morgan fingerprint density at radius 3 is 1.67 bits per heavy atom. The van der Waals surface area contributed by atoms with Gasteiger partial charge in [0, 0.05) is 42.3 Å². The molecule has 12 rings (SSSR count). The Morgan fingerprint density at radius 2 is 0.889 bits per heavy atom. The maximum Gasteiger partial charge on any atom is 0.160 e. The largest absolute Gasteiger partial charge is 0.228 e. The molecule has 9 aromatic carbocycles. The predicted molar refractivity (Wildman–Crippen MR) is 265 cm³/mol. The molecule has 3 heteroatoms. The third kappa shape index (κ3) is 6.31. The van der Waals surface area contributed by atoms with Gasteiger partial charge in [-0.2, -0.15) is 0 Å². The van der Waals surface area contributed by atoms with Crippen LogP contribution in [-0.4, -0.2) is 9.97 Å². The summed E-state index contributed by atoms with van der Waals surface area (Å²) < 4.78 is 2.60. The number of benzene rings is 9. The third-order valence-electron chi connectivity index (χ3n) is 13.0. The minimum atomic E-state index is -0.398. The number of hydrogen-bond acceptors (Lipinski definition) is 3. The highest BCUT2D eigenvalue weighted by atomic mass is 32.1. The monoisotopic (exact) mass is 820 g/mol. The Bertz CT molecular complexity index is 3500. The topological polar surface area (TPSA) is 25.8 Å². The second-order valence-corrected chi connectivity index (χ2v) is 17.7. The molecule has 0 fully saturated rings. The summed E-state index contributed by atoms with van der Waals surface area (Å²) in [4.78, 5) is 10.9. The van der Waals surface area contributed by atoms with Crippen molar-refractivity contribution < 1.29 is 0 Å². The first kappa shape index (κ1) is 37.1. The number of thiophene rings is 1. The summed E-state index contributed by atoms with van der Waals surface area (Å²) >= 11 is 1.85. The van der Waals surface area contributed by atoms with E-state index in [0.717, 1.165) is 44.8 Å². The zero-order valence-corrected chi connectivity index (χ0v) is 35.5. The van der Waals surface area contributed by atoms with Gasteiger partial charge in [-0.05, 0) is 111 Å². The summed E-state index contributed by atoms with van der Waals surface area (Å²) in [5, 5.41) is 2.57. The zero-order valence-electron chi connectivity index (χ0n) is 34.7. The molecule has 1 unspecified atom stereocenters. The van der Waals surface area contributed by atoms with E-state index in [2.05, 4.69) is 225 Å². The maximum atomic E-state index is 5.45. The molecule has 0 N–H and O–H groups in total. The Hall–Kier alpha value is -7.72. The highest BCUT2D eigenvalue weighted by Gasteiger charge is 2.42. The number of fused-ring (bicyclic) bond motifs is 6. The molecule has 1 aliphatic rings. The van der Waals surface area contributed by atoms with Gasteiger partial charge >= 0.3 is 0 Å². The molecular weight excluding hydrogens is 781 g/mol. The van der Waals surface area contributed by atoms with Gasteiger partial charge in [-0.25, -0.2) is 9.97 Å². The van der Waals surface area contributed by atoms with Crippen LogP contribution in [-0.2, 0) is 5.41 Å². The Labute approximate surface area is 371 Å². The number of nitrogens with zero attached hydrogens (tertiary/aromatic N) is 2. The molecular formula is C60H40N2S. The van der Waals surface area contributed by atoms with Gasteiger partial charge in [-0.1, -0.05) is 182 Å². The van der Waals surface area contributed by atoms with Crippen molar-refractivity contribution >= 4 is 31.5 Å². The molecule has 2 aromatic heterocycles. The first-order valence-corrected chi connectivity index (χ1v) is 22.4. The van der Waals surface area contributed by atoms with Gasteiger partial charge in [0.1, 0.15) is 0 Å². The molecule has 296 valence electrons. The van der Waals surface area contributed by atoms with Crippen LogP contribution >= 0.6 is 11.3 Å². The first-order chi connectivity index (χ1) is 31.1. The molecule has 2 heterocycles. The molecule has 1 aliphatic carbocycles. The van der Waals surface area contributed by atoms with Gasteiger partial charge in [0.15, 0.2) is 5.82 Å². The van der Waals surface area contributed by atoms with Gasteiger partial charge in [-0.3, -0.25) is 0 Å². The van der Waals surface area contributed by atoms with Gasteiger partial charge in [-0.15, -0.1) is 11.3 Å². The first-order valence-electron chi connectivity index (χ1n) is 21.6. The number of hydrogen-bond donors (Lipinski definition) is 0. The fourth-order valence-corrected chi connectivity index (χ4v) is 10.9. The maximum absolute atomic E-state index is 5.45. The Morgan fingerprint density at radius 1 is 0.349 bits per heavy atom. The molecule has 0 amide bonds. The summed E-state index contributed by atoms with van der Waals surface area (Å²) in [6.07, 6.45) is 0. The quantitative estimate of drug-likeness (QED) is 0.160. The third-order valence-corrected chi connectivity index (χ3v) is 14.1. The molecule has 2 nitrogen and oxygen atoms in total. The molecule has 0 bridgehead atoms. The van der Waals surface area contributed by atoms with Crippen LogP contribution in [0.3, 0.4) is 0 Å². The summed E-state index contributed by atoms with van der Waals surface area (Å²) in [6, 6.07) is 81.3. The predicted octanol–water partition coefficient (Wildman–Crippen LogP) is 16.2. The van der Waals surface area contributed by atoms with Crippen LogP contribution in [0, 0.1) is 0 Å². The van der Waals surface area contributed by atoms with E-state index in [1.165, 1.54) is 64.7 Å². The van der Waals surface area contributed by atoms with Crippen molar-refractivity contribution in [1.82, 2.24) is 9.97 Å². The second kappa shape index (κ2) is 15.0. The van der Waals surface area contributed by atoms with Crippen molar-refractivity contribution in [1.29, 1.82) is 0 Å². The van der Waals surface area contributed by atoms with E-state index in [1.807, 2.05) is 17.4 Å². The minimum Gasteiger partial charge on any atom is -0.228 e. The summed E-state index contributed by atoms with van der Waals surface area (Å²) in [6.45, 7) is 2.38. The lowest BCUT2D eigenvalue weighted by Crippen LogP contribution is -2.23. The van der Waals surface area contributed by atoms with E-state index in [-0.39, 0.29) is 0 Å². The van der Waals surface area contributed by atoms with Gasteiger partial charge < -0.3 is 0 Å². The molecule has 0 spiro atoms. The van der Waals surface area contributed by atoms with Crippen molar-refractivity contribution in [2.24, 2.45) is 0 Å². The van der Waals surface area contributed by atoms with Crippen molar-refractivity contribution in [3.05, 3.63) is 241 Å². The van der Waals surface area contributed by atoms with Crippen LogP contribution < -0.4 is 0 Å². The highest BCUT2D eigenvalue weighted by molar-refractivity contribution is 7.25. The normalized spacial score (nSPS) is 14.2. The standard InChI is InChI=1S/C60H40N2S/c1-60(47-20-9-4-10-21-47)53-26-13-11-22-48(53)50-24-15-25-51(58(50)60)55-38-54(61-59(62-55)42-18-7-3-8-19-42)46-35-44(41-30-28-40(29-31-41)39-16-5-2-6-17-39)34-45(36-46)43-32-33-57-52(37-43)49-23-12-14-27-56(49)63-57/h2-38H,1H3. The Balaban J connectivity index is 1.08.